The van der Waals surface area contributed by atoms with Crippen LogP contribution in [-0.4, -0.2) is 18.0 Å². The van der Waals surface area contributed by atoms with Gasteiger partial charge in [0, 0.05) is 24.0 Å². The number of nitrogens with zero attached hydrogens (tertiary/aromatic N) is 3. The predicted molar refractivity (Wildman–Crippen MR) is 105 cm³/mol. The Hall–Kier alpha value is -1.73. The number of thiazole rings is 1. The van der Waals surface area contributed by atoms with E-state index in [1.54, 1.807) is 18.4 Å². The van der Waals surface area contributed by atoms with Gasteiger partial charge in [-0.25, -0.2) is 9.37 Å². The van der Waals surface area contributed by atoms with Crippen LogP contribution in [0, 0.1) is 31.0 Å². The number of rotatable bonds is 4. The maximum absolute atomic E-state index is 13.8. The Morgan fingerprint density at radius 1 is 1.33 bits per heavy atom. The molecular weight excluding hydrogens is 440 g/mol. The minimum absolute atomic E-state index is 0. The van der Waals surface area contributed by atoms with E-state index in [9.17, 15) is 4.39 Å². The van der Waals surface area contributed by atoms with Gasteiger partial charge in [0.25, 0.3) is 0 Å². The average Bonchev–Trinajstić information content (AvgIpc) is 2.86. The normalized spacial score (nSPS) is 10.7. The molecule has 0 bridgehead atoms. The molecule has 24 heavy (non-hydrogen) atoms. The van der Waals surface area contributed by atoms with Gasteiger partial charge in [-0.2, -0.15) is 5.26 Å². The first-order valence-electron chi connectivity index (χ1n) is 7.09. The second kappa shape index (κ2) is 9.54. The van der Waals surface area contributed by atoms with Crippen LogP contribution in [0.3, 0.4) is 0 Å². The number of aromatic nitrogens is 1. The molecular formula is C16H19FIN5S. The Morgan fingerprint density at radius 2 is 2.04 bits per heavy atom. The third-order valence-corrected chi connectivity index (χ3v) is 4.33. The van der Waals surface area contributed by atoms with Crippen LogP contribution in [0.5, 0.6) is 0 Å². The summed E-state index contributed by atoms with van der Waals surface area (Å²) < 4.78 is 13.8. The van der Waals surface area contributed by atoms with Crippen LogP contribution in [0.2, 0.25) is 0 Å². The van der Waals surface area contributed by atoms with E-state index < -0.39 is 0 Å². The van der Waals surface area contributed by atoms with Gasteiger partial charge in [0.05, 0.1) is 28.9 Å². The van der Waals surface area contributed by atoms with Gasteiger partial charge in [-0.3, -0.25) is 4.99 Å². The van der Waals surface area contributed by atoms with Crippen LogP contribution in [0.15, 0.2) is 23.2 Å². The van der Waals surface area contributed by atoms with E-state index in [0.29, 0.717) is 23.6 Å². The SMILES string of the molecule is CN=C(NCc1cc(C#N)ccc1F)NCc1sc(C)nc1C.I. The number of aliphatic imine (C=N–C) groups is 1. The van der Waals surface area contributed by atoms with Crippen LogP contribution in [-0.2, 0) is 13.1 Å². The molecule has 0 spiro atoms. The Labute approximate surface area is 162 Å². The molecule has 0 fully saturated rings. The van der Waals surface area contributed by atoms with Crippen molar-refractivity contribution in [1.29, 1.82) is 5.26 Å². The molecule has 0 unspecified atom stereocenters. The standard InChI is InChI=1S/C16H18FN5S.HI/c1-10-15(23-11(2)22-10)9-21-16(19-3)20-8-13-6-12(7-18)4-5-14(13)17;/h4-6H,8-9H2,1-3H3,(H2,19,20,21);1H. The number of benzene rings is 1. The molecule has 1 heterocycles. The highest BCUT2D eigenvalue weighted by Crippen LogP contribution is 2.16. The second-order valence-electron chi connectivity index (χ2n) is 4.94. The number of nitriles is 1. The number of hydrogen-bond acceptors (Lipinski definition) is 4. The molecule has 0 saturated carbocycles. The van der Waals surface area contributed by atoms with Crippen LogP contribution in [0.1, 0.15) is 26.7 Å². The largest absolute Gasteiger partial charge is 0.352 e. The van der Waals surface area contributed by atoms with E-state index in [1.165, 1.54) is 18.2 Å². The summed E-state index contributed by atoms with van der Waals surface area (Å²) >= 11 is 1.64. The van der Waals surface area contributed by atoms with Gasteiger partial charge in [0.1, 0.15) is 5.82 Å². The third-order valence-electron chi connectivity index (χ3n) is 3.26. The molecule has 1 aromatic carbocycles. The van der Waals surface area contributed by atoms with Crippen molar-refractivity contribution in [2.45, 2.75) is 26.9 Å². The highest BCUT2D eigenvalue weighted by atomic mass is 127. The topological polar surface area (TPSA) is 73.1 Å². The summed E-state index contributed by atoms with van der Waals surface area (Å²) in [5, 5.41) is 16.1. The van der Waals surface area contributed by atoms with Crippen LogP contribution < -0.4 is 10.6 Å². The molecule has 2 rings (SSSR count). The molecule has 128 valence electrons. The lowest BCUT2D eigenvalue weighted by atomic mass is 10.1. The molecule has 2 aromatic rings. The Balaban J connectivity index is 0.00000288. The van der Waals surface area contributed by atoms with E-state index >= 15 is 0 Å². The summed E-state index contributed by atoms with van der Waals surface area (Å²) in [7, 11) is 1.65. The van der Waals surface area contributed by atoms with Gasteiger partial charge >= 0.3 is 0 Å². The van der Waals surface area contributed by atoms with E-state index in [0.717, 1.165) is 15.6 Å². The molecule has 0 amide bonds. The fourth-order valence-electron chi connectivity index (χ4n) is 2.08. The summed E-state index contributed by atoms with van der Waals surface area (Å²) in [4.78, 5) is 9.64. The lowest BCUT2D eigenvalue weighted by Crippen LogP contribution is -2.36. The van der Waals surface area contributed by atoms with Crippen molar-refractivity contribution < 1.29 is 4.39 Å². The van der Waals surface area contributed by atoms with Crippen molar-refractivity contribution >= 4 is 41.3 Å². The quantitative estimate of drug-likeness (QED) is 0.419. The van der Waals surface area contributed by atoms with E-state index in [4.69, 9.17) is 5.26 Å². The van der Waals surface area contributed by atoms with E-state index in [1.807, 2.05) is 19.9 Å². The smallest absolute Gasteiger partial charge is 0.191 e. The van der Waals surface area contributed by atoms with Crippen LogP contribution in [0.4, 0.5) is 4.39 Å². The zero-order chi connectivity index (χ0) is 16.8. The Morgan fingerprint density at radius 3 is 2.62 bits per heavy atom. The van der Waals surface area contributed by atoms with E-state index in [2.05, 4.69) is 20.6 Å². The summed E-state index contributed by atoms with van der Waals surface area (Å²) in [6.07, 6.45) is 0. The van der Waals surface area contributed by atoms with Gasteiger partial charge in [0.15, 0.2) is 5.96 Å². The fraction of sp³-hybridized carbons (Fsp3) is 0.312. The van der Waals surface area contributed by atoms with Gasteiger partial charge in [-0.1, -0.05) is 0 Å². The van der Waals surface area contributed by atoms with Crippen molar-refractivity contribution in [3.8, 4) is 6.07 Å². The summed E-state index contributed by atoms with van der Waals surface area (Å²) in [6, 6.07) is 6.30. The first-order chi connectivity index (χ1) is 11.0. The lowest BCUT2D eigenvalue weighted by molar-refractivity contribution is 0.604. The molecule has 0 radical (unpaired) electrons. The number of guanidine groups is 1. The van der Waals surface area contributed by atoms with Gasteiger partial charge in [-0.15, -0.1) is 35.3 Å². The van der Waals surface area contributed by atoms with Crippen molar-refractivity contribution in [2.75, 3.05) is 7.05 Å². The molecule has 0 aliphatic rings. The average molecular weight is 459 g/mol. The molecule has 0 aliphatic carbocycles. The molecule has 1 aromatic heterocycles. The van der Waals surface area contributed by atoms with Crippen molar-refractivity contribution in [3.05, 3.63) is 50.7 Å². The number of halogens is 2. The van der Waals surface area contributed by atoms with Crippen LogP contribution in [0.25, 0.3) is 0 Å². The summed E-state index contributed by atoms with van der Waals surface area (Å²) in [5.41, 5.74) is 1.86. The molecule has 0 aliphatic heterocycles. The lowest BCUT2D eigenvalue weighted by Gasteiger charge is -2.12. The zero-order valence-corrected chi connectivity index (χ0v) is 16.8. The van der Waals surface area contributed by atoms with Crippen LogP contribution >= 0.6 is 35.3 Å². The van der Waals surface area contributed by atoms with Crippen molar-refractivity contribution in [2.24, 2.45) is 4.99 Å². The second-order valence-corrected chi connectivity index (χ2v) is 6.23. The molecule has 8 heteroatoms. The minimum atomic E-state index is -0.346. The minimum Gasteiger partial charge on any atom is -0.352 e. The number of nitrogens with one attached hydrogen (secondary N) is 2. The van der Waals surface area contributed by atoms with Gasteiger partial charge < -0.3 is 10.6 Å². The summed E-state index contributed by atoms with van der Waals surface area (Å²) in [6.45, 7) is 4.80. The maximum atomic E-state index is 13.8. The molecule has 0 saturated heterocycles. The molecule has 5 nitrogen and oxygen atoms in total. The predicted octanol–water partition coefficient (Wildman–Crippen LogP) is 3.25. The maximum Gasteiger partial charge on any atom is 0.191 e. The highest BCUT2D eigenvalue weighted by Gasteiger charge is 2.07. The first-order valence-corrected chi connectivity index (χ1v) is 7.91. The van der Waals surface area contributed by atoms with Gasteiger partial charge in [0.2, 0.25) is 0 Å². The number of aryl methyl sites for hydroxylation is 2. The summed E-state index contributed by atoms with van der Waals surface area (Å²) in [5.74, 6) is 0.220. The van der Waals surface area contributed by atoms with Crippen molar-refractivity contribution in [1.82, 2.24) is 15.6 Å². The van der Waals surface area contributed by atoms with Crippen molar-refractivity contribution in [3.63, 3.8) is 0 Å². The highest BCUT2D eigenvalue weighted by molar-refractivity contribution is 14.0. The van der Waals surface area contributed by atoms with E-state index in [-0.39, 0.29) is 36.3 Å². The molecule has 2 N–H and O–H groups in total. The monoisotopic (exact) mass is 459 g/mol. The third kappa shape index (κ3) is 5.42. The Bertz CT molecular complexity index is 766. The number of hydrogen-bond donors (Lipinski definition) is 2. The first kappa shape index (κ1) is 20.3. The Kier molecular flexibility index (Phi) is 8.07. The fourth-order valence-corrected chi connectivity index (χ4v) is 2.96. The molecule has 0 atom stereocenters. The van der Waals surface area contributed by atoms with Gasteiger partial charge in [-0.05, 0) is 32.0 Å². The zero-order valence-electron chi connectivity index (χ0n) is 13.7.